The molecule has 0 atom stereocenters. The molecule has 4 aliphatic heterocycles. The van der Waals surface area contributed by atoms with E-state index in [1.165, 1.54) is 0 Å². The Morgan fingerprint density at radius 3 is 1.36 bits per heavy atom. The highest BCUT2D eigenvalue weighted by Gasteiger charge is 2.11. The standard InChI is InChI=1S/C28H32O8/c1-29-11-3-5-23-21-28-24(6-4-12-30-2)22-27(23)35-19-15-31-13-17-33-25-7-9-26(10-8-25)34-18-14-32-16-20-36-28/h7-10,21-22H,11-20H2,1-2H3. The molecule has 6 rings (SSSR count). The molecule has 2 aromatic rings. The maximum absolute atomic E-state index is 6.00. The molecule has 2 aromatic carbocycles. The highest BCUT2D eigenvalue weighted by atomic mass is 16.6. The molecule has 0 unspecified atom stereocenters. The highest BCUT2D eigenvalue weighted by Crippen LogP contribution is 2.28. The smallest absolute Gasteiger partial charge is 0.136 e. The van der Waals surface area contributed by atoms with Crippen molar-refractivity contribution in [1.82, 2.24) is 0 Å². The van der Waals surface area contributed by atoms with Crippen LogP contribution in [-0.4, -0.2) is 80.3 Å². The molecule has 36 heavy (non-hydrogen) atoms. The van der Waals surface area contributed by atoms with Crippen LogP contribution in [0.25, 0.3) is 0 Å². The summed E-state index contributed by atoms with van der Waals surface area (Å²) >= 11 is 0. The van der Waals surface area contributed by atoms with E-state index in [0.29, 0.717) is 88.7 Å². The molecule has 192 valence electrons. The van der Waals surface area contributed by atoms with Crippen LogP contribution in [0.1, 0.15) is 11.1 Å². The maximum atomic E-state index is 6.00. The Bertz CT molecular complexity index is 959. The molecule has 0 aliphatic carbocycles. The molecule has 0 saturated heterocycles. The van der Waals surface area contributed by atoms with Gasteiger partial charge in [0.2, 0.25) is 0 Å². The average Bonchev–Trinajstić information content (AvgIpc) is 2.89. The predicted molar refractivity (Wildman–Crippen MR) is 134 cm³/mol. The van der Waals surface area contributed by atoms with Crippen molar-refractivity contribution in [3.63, 3.8) is 0 Å². The van der Waals surface area contributed by atoms with Crippen LogP contribution in [0.15, 0.2) is 36.4 Å². The molecule has 0 spiro atoms. The molecule has 0 aromatic heterocycles. The minimum absolute atomic E-state index is 0.298. The van der Waals surface area contributed by atoms with Crippen LogP contribution < -0.4 is 18.9 Å². The van der Waals surface area contributed by atoms with E-state index in [9.17, 15) is 0 Å². The van der Waals surface area contributed by atoms with E-state index in [1.54, 1.807) is 14.2 Å². The normalized spacial score (nSPS) is 14.7. The predicted octanol–water partition coefficient (Wildman–Crippen LogP) is 2.94. The Balaban J connectivity index is 1.76. The van der Waals surface area contributed by atoms with Gasteiger partial charge in [0.1, 0.15) is 62.6 Å². The van der Waals surface area contributed by atoms with Crippen LogP contribution in [0, 0.1) is 23.7 Å². The van der Waals surface area contributed by atoms with Gasteiger partial charge in [0, 0.05) is 26.4 Å². The van der Waals surface area contributed by atoms with E-state index in [1.807, 2.05) is 36.4 Å². The van der Waals surface area contributed by atoms with E-state index >= 15 is 0 Å². The Kier molecular flexibility index (Phi) is 12.3. The third-order valence-corrected chi connectivity index (χ3v) is 4.75. The average molecular weight is 497 g/mol. The molecular weight excluding hydrogens is 464 g/mol. The largest absolute Gasteiger partial charge is 0.491 e. The minimum atomic E-state index is 0.298. The second-order valence-electron chi connectivity index (χ2n) is 7.40. The van der Waals surface area contributed by atoms with Gasteiger partial charge in [-0.2, -0.15) is 0 Å². The van der Waals surface area contributed by atoms with E-state index in [-0.39, 0.29) is 0 Å². The molecule has 0 radical (unpaired) electrons. The fourth-order valence-corrected chi connectivity index (χ4v) is 3.10. The van der Waals surface area contributed by atoms with Gasteiger partial charge in [0.05, 0.1) is 37.6 Å². The Labute approximate surface area is 212 Å². The van der Waals surface area contributed by atoms with Gasteiger partial charge in [-0.1, -0.05) is 23.7 Å². The molecule has 0 N–H and O–H groups in total. The quantitative estimate of drug-likeness (QED) is 0.588. The summed E-state index contributed by atoms with van der Waals surface area (Å²) in [5.41, 5.74) is 1.34. The van der Waals surface area contributed by atoms with Crippen LogP contribution in [0.4, 0.5) is 0 Å². The van der Waals surface area contributed by atoms with Crippen molar-refractivity contribution in [3.8, 4) is 46.7 Å². The lowest BCUT2D eigenvalue weighted by Crippen LogP contribution is -2.14. The second kappa shape index (κ2) is 16.3. The zero-order valence-electron chi connectivity index (χ0n) is 20.8. The zero-order chi connectivity index (χ0) is 25.3. The molecule has 8 heteroatoms. The fourth-order valence-electron chi connectivity index (χ4n) is 3.10. The van der Waals surface area contributed by atoms with Crippen LogP contribution >= 0.6 is 0 Å². The van der Waals surface area contributed by atoms with Gasteiger partial charge in [0.15, 0.2) is 0 Å². The summed E-state index contributed by atoms with van der Waals surface area (Å²) in [5, 5.41) is 0. The van der Waals surface area contributed by atoms with Crippen molar-refractivity contribution in [2.45, 2.75) is 0 Å². The minimum Gasteiger partial charge on any atom is -0.491 e. The van der Waals surface area contributed by atoms with Gasteiger partial charge in [-0.05, 0) is 24.3 Å². The maximum Gasteiger partial charge on any atom is 0.136 e. The summed E-state index contributed by atoms with van der Waals surface area (Å²) in [5.74, 6) is 14.8. The first-order chi connectivity index (χ1) is 17.8. The summed E-state index contributed by atoms with van der Waals surface area (Å²) in [7, 11) is 3.19. The summed E-state index contributed by atoms with van der Waals surface area (Å²) in [6, 6.07) is 11.1. The number of ether oxygens (including phenoxy) is 8. The monoisotopic (exact) mass is 496 g/mol. The topological polar surface area (TPSA) is 73.8 Å². The lowest BCUT2D eigenvalue weighted by molar-refractivity contribution is 0.0746. The van der Waals surface area contributed by atoms with Crippen LogP contribution in [0.2, 0.25) is 0 Å². The molecule has 4 bridgehead atoms. The Morgan fingerprint density at radius 1 is 0.583 bits per heavy atom. The molecule has 0 amide bonds. The van der Waals surface area contributed by atoms with Crippen molar-refractivity contribution < 1.29 is 37.9 Å². The van der Waals surface area contributed by atoms with Gasteiger partial charge >= 0.3 is 0 Å². The number of hydrogen-bond donors (Lipinski definition) is 0. The molecule has 8 nitrogen and oxygen atoms in total. The third kappa shape index (κ3) is 9.69. The van der Waals surface area contributed by atoms with E-state index in [4.69, 9.17) is 37.9 Å². The highest BCUT2D eigenvalue weighted by molar-refractivity contribution is 5.58. The van der Waals surface area contributed by atoms with E-state index in [2.05, 4.69) is 23.7 Å². The van der Waals surface area contributed by atoms with E-state index in [0.717, 1.165) is 11.5 Å². The summed E-state index contributed by atoms with van der Waals surface area (Å²) in [6.07, 6.45) is 0. The van der Waals surface area contributed by atoms with Crippen molar-refractivity contribution in [3.05, 3.63) is 47.5 Å². The fraction of sp³-hybridized carbons (Fsp3) is 0.429. The molecular formula is C28H32O8. The first-order valence-electron chi connectivity index (χ1n) is 11.7. The van der Waals surface area contributed by atoms with Crippen molar-refractivity contribution >= 4 is 0 Å². The second-order valence-corrected chi connectivity index (χ2v) is 7.40. The van der Waals surface area contributed by atoms with E-state index < -0.39 is 0 Å². The third-order valence-electron chi connectivity index (χ3n) is 4.75. The lowest BCUT2D eigenvalue weighted by atomic mass is 10.1. The van der Waals surface area contributed by atoms with Crippen LogP contribution in [-0.2, 0) is 18.9 Å². The molecule has 4 aliphatic rings. The first-order valence-corrected chi connectivity index (χ1v) is 11.7. The zero-order valence-corrected chi connectivity index (χ0v) is 20.8. The van der Waals surface area contributed by atoms with Gasteiger partial charge in [0.25, 0.3) is 0 Å². The summed E-state index contributed by atoms with van der Waals surface area (Å²) in [6.45, 7) is 3.76. The van der Waals surface area contributed by atoms with Gasteiger partial charge in [-0.15, -0.1) is 0 Å². The van der Waals surface area contributed by atoms with Crippen LogP contribution in [0.3, 0.4) is 0 Å². The Morgan fingerprint density at radius 2 is 0.972 bits per heavy atom. The number of benzene rings is 2. The van der Waals surface area contributed by atoms with Crippen LogP contribution in [0.5, 0.6) is 23.0 Å². The number of methoxy groups -OCH3 is 2. The Hall–Kier alpha value is -3.40. The first kappa shape index (κ1) is 27.2. The van der Waals surface area contributed by atoms with Crippen molar-refractivity contribution in [2.75, 3.05) is 80.3 Å². The SMILES string of the molecule is COCC#Cc1cc2c(C#CCOC)cc1OCCOCCOc1ccc(cc1)OCCOCCO2. The van der Waals surface area contributed by atoms with Gasteiger partial charge in [-0.3, -0.25) is 0 Å². The molecule has 0 saturated carbocycles. The number of hydrogen-bond acceptors (Lipinski definition) is 8. The number of rotatable bonds is 2. The van der Waals surface area contributed by atoms with Crippen molar-refractivity contribution in [1.29, 1.82) is 0 Å². The summed E-state index contributed by atoms with van der Waals surface area (Å²) < 4.78 is 44.8. The van der Waals surface area contributed by atoms with Crippen molar-refractivity contribution in [2.24, 2.45) is 0 Å². The lowest BCUT2D eigenvalue weighted by Gasteiger charge is -2.14. The molecule has 0 fully saturated rings. The van der Waals surface area contributed by atoms with Gasteiger partial charge in [-0.25, -0.2) is 0 Å². The summed E-state index contributed by atoms with van der Waals surface area (Å²) in [4.78, 5) is 0. The molecule has 4 heterocycles. The van der Waals surface area contributed by atoms with Gasteiger partial charge < -0.3 is 37.9 Å².